The van der Waals surface area contributed by atoms with Gasteiger partial charge in [-0.25, -0.2) is 4.79 Å². The van der Waals surface area contributed by atoms with Crippen LogP contribution in [0.15, 0.2) is 59.7 Å². The number of carboxylic acid groups (broad SMARTS) is 1. The fourth-order valence-corrected chi connectivity index (χ4v) is 18.1. The van der Waals surface area contributed by atoms with Crippen LogP contribution in [-0.4, -0.2) is 33.5 Å². The van der Waals surface area contributed by atoms with Crippen LogP contribution >= 0.6 is 0 Å². The first-order valence-corrected chi connectivity index (χ1v) is 28.5. The molecule has 6 saturated carbocycles. The van der Waals surface area contributed by atoms with E-state index in [1.54, 1.807) is 17.2 Å². The van der Waals surface area contributed by atoms with Crippen LogP contribution in [0.4, 0.5) is 0 Å². The zero-order valence-electron chi connectivity index (χ0n) is 44.6. The lowest BCUT2D eigenvalue weighted by molar-refractivity contribution is -0.131. The Labute approximate surface area is 411 Å². The third kappa shape index (κ3) is 11.3. The van der Waals surface area contributed by atoms with Crippen molar-refractivity contribution >= 4 is 12.0 Å². The monoisotopic (exact) mass is 921 g/mol. The Morgan fingerprint density at radius 2 is 1.01 bits per heavy atom. The molecule has 67 heavy (non-hydrogen) atoms. The maximum Gasteiger partial charge on any atom is 0.328 e. The zero-order valence-corrected chi connectivity index (χ0v) is 44.6. The number of aliphatic hydroxyl groups is 2. The molecule has 0 spiro atoms. The summed E-state index contributed by atoms with van der Waals surface area (Å²) in [6.45, 7) is 25.1. The number of hydrogen-bond donors (Lipinski definition) is 3. The summed E-state index contributed by atoms with van der Waals surface area (Å²) in [5.74, 6) is 9.99. The molecule has 0 amide bonds. The highest BCUT2D eigenvalue weighted by molar-refractivity contribution is 5.85. The van der Waals surface area contributed by atoms with Crippen LogP contribution in [0.5, 0.6) is 0 Å². The predicted octanol–water partition coefficient (Wildman–Crippen LogP) is 16.6. The average Bonchev–Trinajstić information content (AvgIpc) is 3.83. The molecule has 4 nitrogen and oxygen atoms in total. The topological polar surface area (TPSA) is 77.8 Å². The summed E-state index contributed by atoms with van der Waals surface area (Å²) in [6, 6.07) is 9.31. The van der Waals surface area contributed by atoms with Gasteiger partial charge < -0.3 is 15.3 Å². The molecule has 0 saturated heterocycles. The van der Waals surface area contributed by atoms with Crippen LogP contribution in [0.25, 0.3) is 6.08 Å². The van der Waals surface area contributed by atoms with E-state index >= 15 is 0 Å². The van der Waals surface area contributed by atoms with Gasteiger partial charge in [-0.1, -0.05) is 161 Å². The Morgan fingerprint density at radius 3 is 1.42 bits per heavy atom. The Kier molecular flexibility index (Phi) is 17.3. The largest absolute Gasteiger partial charge is 0.478 e. The molecule has 4 heteroatoms. The van der Waals surface area contributed by atoms with E-state index in [-0.39, 0.29) is 12.2 Å². The van der Waals surface area contributed by atoms with Gasteiger partial charge in [-0.15, -0.1) is 0 Å². The van der Waals surface area contributed by atoms with Crippen LogP contribution in [0.2, 0.25) is 0 Å². The summed E-state index contributed by atoms with van der Waals surface area (Å²) in [5, 5.41) is 28.7. The van der Waals surface area contributed by atoms with Crippen molar-refractivity contribution < 1.29 is 20.1 Å². The standard InChI is InChI=1S/2C27H46O.C9H8O2/c2*1-18(2)7-6-8-19(3)23-11-12-24-22-10-9-20-17-21(28)13-15-26(20,4)25(22)14-16-27(23,24)5;10-9(11)7-6-8-4-2-1-3-5-8/h2*9,18-19,21-25,28H,6-8,10-17H2,1-5H3;1-7H,(H,10,11)/b;;7-6+/t2*19?,21-,22-,23+,24-,25-,26-,27+;/m00./s1. The van der Waals surface area contributed by atoms with E-state index in [1.807, 2.05) is 30.3 Å². The number of carbonyl (C=O) groups is 1. The number of rotatable bonds is 12. The summed E-state index contributed by atoms with van der Waals surface area (Å²) in [5.41, 5.74) is 6.10. The minimum atomic E-state index is -0.922. The Hall–Kier alpha value is -2.17. The molecule has 0 aliphatic heterocycles. The lowest BCUT2D eigenvalue weighted by atomic mass is 9.47. The molecule has 0 radical (unpaired) electrons. The summed E-state index contributed by atoms with van der Waals surface area (Å²) < 4.78 is 0. The second-order valence-corrected chi connectivity index (χ2v) is 26.5. The van der Waals surface area contributed by atoms with Crippen molar-refractivity contribution in [2.24, 2.45) is 92.7 Å². The van der Waals surface area contributed by atoms with E-state index in [9.17, 15) is 15.0 Å². The van der Waals surface area contributed by atoms with Crippen LogP contribution in [0.1, 0.15) is 216 Å². The van der Waals surface area contributed by atoms with Gasteiger partial charge in [0.25, 0.3) is 0 Å². The molecule has 1 aromatic rings. The van der Waals surface area contributed by atoms with Crippen molar-refractivity contribution in [3.8, 4) is 0 Å². The van der Waals surface area contributed by atoms with Gasteiger partial charge in [-0.3, -0.25) is 0 Å². The number of aliphatic carboxylic acids is 1. The molecule has 9 rings (SSSR count). The maximum atomic E-state index is 10.2. The summed E-state index contributed by atoms with van der Waals surface area (Å²) in [6.07, 6.45) is 37.0. The first-order valence-electron chi connectivity index (χ1n) is 28.5. The lowest BCUT2D eigenvalue weighted by Crippen LogP contribution is -2.50. The molecule has 8 aliphatic carbocycles. The molecular formula is C63H100O4. The smallest absolute Gasteiger partial charge is 0.328 e. The second kappa shape index (κ2) is 22.1. The molecule has 6 fully saturated rings. The van der Waals surface area contributed by atoms with E-state index in [1.165, 1.54) is 116 Å². The number of fused-ring (bicyclic) bond motifs is 10. The average molecular weight is 921 g/mol. The van der Waals surface area contributed by atoms with Crippen LogP contribution in [0.3, 0.4) is 0 Å². The quantitative estimate of drug-likeness (QED) is 0.144. The molecule has 16 atom stereocenters. The molecule has 0 bridgehead atoms. The summed E-state index contributed by atoms with van der Waals surface area (Å²) in [7, 11) is 0. The molecular weight excluding hydrogens is 821 g/mol. The normalized spacial score (nSPS) is 40.6. The fourth-order valence-electron chi connectivity index (χ4n) is 18.1. The van der Waals surface area contributed by atoms with E-state index in [0.29, 0.717) is 21.7 Å². The van der Waals surface area contributed by atoms with Crippen molar-refractivity contribution in [2.75, 3.05) is 0 Å². The molecule has 0 aromatic heterocycles. The van der Waals surface area contributed by atoms with Gasteiger partial charge >= 0.3 is 5.97 Å². The third-order valence-corrected chi connectivity index (χ3v) is 21.8. The SMILES string of the molecule is CC(C)CCCC(C)[C@H]1CC[C@H]2[C@@H]3CC=C4C[C@@H](O)CC[C@]4(C)[C@H]3CC[C@]12C.CC(C)CCCC(C)[C@H]1CC[C@H]2[C@@H]3CC=C4C[C@@H](O)CC[C@]4(C)[C@H]3CC[C@]12C.O=C(O)/C=C/c1ccccc1. The number of carboxylic acids is 1. The molecule has 1 aromatic carbocycles. The fraction of sp³-hybridized carbons (Fsp3) is 0.794. The highest BCUT2D eigenvalue weighted by Crippen LogP contribution is 2.69. The van der Waals surface area contributed by atoms with Gasteiger partial charge in [0, 0.05) is 6.08 Å². The first kappa shape index (κ1) is 52.6. The second-order valence-electron chi connectivity index (χ2n) is 26.5. The molecule has 376 valence electrons. The van der Waals surface area contributed by atoms with Crippen molar-refractivity contribution in [3.63, 3.8) is 0 Å². The minimum absolute atomic E-state index is 0.0766. The van der Waals surface area contributed by atoms with Gasteiger partial charge in [-0.2, -0.15) is 0 Å². The summed E-state index contributed by atoms with van der Waals surface area (Å²) >= 11 is 0. The van der Waals surface area contributed by atoms with Crippen molar-refractivity contribution in [3.05, 3.63) is 65.3 Å². The van der Waals surface area contributed by atoms with Crippen molar-refractivity contribution in [2.45, 2.75) is 223 Å². The molecule has 8 aliphatic rings. The maximum absolute atomic E-state index is 10.2. The van der Waals surface area contributed by atoms with Crippen molar-refractivity contribution in [1.29, 1.82) is 0 Å². The van der Waals surface area contributed by atoms with Gasteiger partial charge in [0.05, 0.1) is 12.2 Å². The van der Waals surface area contributed by atoms with E-state index < -0.39 is 5.97 Å². The highest BCUT2D eigenvalue weighted by Gasteiger charge is 2.60. The van der Waals surface area contributed by atoms with Crippen LogP contribution in [-0.2, 0) is 4.79 Å². The van der Waals surface area contributed by atoms with Crippen molar-refractivity contribution in [1.82, 2.24) is 0 Å². The number of aliphatic hydroxyl groups excluding tert-OH is 2. The van der Waals surface area contributed by atoms with Gasteiger partial charge in [0.1, 0.15) is 0 Å². The highest BCUT2D eigenvalue weighted by atomic mass is 16.4. The predicted molar refractivity (Wildman–Crippen MR) is 281 cm³/mol. The third-order valence-electron chi connectivity index (χ3n) is 21.8. The number of hydrogen-bond acceptors (Lipinski definition) is 3. The Morgan fingerprint density at radius 1 is 0.582 bits per heavy atom. The number of benzene rings is 1. The lowest BCUT2D eigenvalue weighted by Gasteiger charge is -2.58. The minimum Gasteiger partial charge on any atom is -0.478 e. The van der Waals surface area contributed by atoms with E-state index in [2.05, 4.69) is 81.4 Å². The Bertz CT molecular complexity index is 1750. The molecule has 3 N–H and O–H groups in total. The Balaban J connectivity index is 0.000000163. The first-order chi connectivity index (χ1) is 31.8. The van der Waals surface area contributed by atoms with E-state index in [0.717, 1.165) is 108 Å². The molecule has 0 heterocycles. The molecule has 2 unspecified atom stereocenters. The van der Waals surface area contributed by atoms with E-state index in [4.69, 9.17) is 5.11 Å². The van der Waals surface area contributed by atoms with Gasteiger partial charge in [0.15, 0.2) is 0 Å². The zero-order chi connectivity index (χ0) is 48.3. The van der Waals surface area contributed by atoms with Gasteiger partial charge in [-0.05, 0) is 207 Å². The summed E-state index contributed by atoms with van der Waals surface area (Å²) in [4.78, 5) is 10.1. The van der Waals surface area contributed by atoms with Crippen LogP contribution in [0, 0.1) is 92.7 Å². The van der Waals surface area contributed by atoms with Gasteiger partial charge in [0.2, 0.25) is 0 Å². The van der Waals surface area contributed by atoms with Crippen LogP contribution < -0.4 is 0 Å². The number of allylic oxidation sites excluding steroid dienone is 2.